The van der Waals surface area contributed by atoms with E-state index >= 15 is 0 Å². The van der Waals surface area contributed by atoms with Crippen LogP contribution in [-0.4, -0.2) is 41.6 Å². The number of hydrogen-bond donors (Lipinski definition) is 4. The Morgan fingerprint density at radius 2 is 2.18 bits per heavy atom. The molecule has 0 unspecified atom stereocenters. The van der Waals surface area contributed by atoms with Crippen molar-refractivity contribution < 1.29 is 9.90 Å². The maximum Gasteiger partial charge on any atom is 0.267 e. The summed E-state index contributed by atoms with van der Waals surface area (Å²) in [5, 5.41) is 28.4. The number of hydrogen-bond acceptors (Lipinski definition) is 7. The molecule has 1 aromatic carbocycles. The molecule has 0 spiro atoms. The molecule has 9 nitrogen and oxygen atoms in total. The lowest BCUT2D eigenvalue weighted by Crippen LogP contribution is -2.26. The van der Waals surface area contributed by atoms with Gasteiger partial charge in [0.1, 0.15) is 4.88 Å². The van der Waals surface area contributed by atoms with E-state index in [9.17, 15) is 9.90 Å². The van der Waals surface area contributed by atoms with E-state index in [1.165, 1.54) is 17.5 Å². The number of amides is 1. The van der Waals surface area contributed by atoms with Crippen LogP contribution in [-0.2, 0) is 6.54 Å². The van der Waals surface area contributed by atoms with E-state index < -0.39 is 5.60 Å². The van der Waals surface area contributed by atoms with E-state index in [0.717, 1.165) is 10.9 Å². The highest BCUT2D eigenvalue weighted by atomic mass is 32.1. The zero-order chi connectivity index (χ0) is 19.7. The van der Waals surface area contributed by atoms with Crippen molar-refractivity contribution in [3.63, 3.8) is 0 Å². The van der Waals surface area contributed by atoms with Gasteiger partial charge in [0, 0.05) is 17.6 Å². The predicted molar refractivity (Wildman–Crippen MR) is 108 cm³/mol. The fraction of sp³-hybridized carbons (Fsp3) is 0.222. The lowest BCUT2D eigenvalue weighted by atomic mass is 10.1. The van der Waals surface area contributed by atoms with Crippen LogP contribution in [0.5, 0.6) is 0 Å². The van der Waals surface area contributed by atoms with Crippen LogP contribution in [0.4, 0.5) is 16.6 Å². The minimum Gasteiger partial charge on any atom is -0.389 e. The lowest BCUT2D eigenvalue weighted by molar-refractivity contribution is 0.0578. The molecule has 0 fully saturated rings. The standard InChI is InChI=1S/C18H19N7O2S/c1-18(2,27)10-25-7-6-15(24-25)22-17-19-9-14(28-17)16(26)21-12-4-3-5-13-11(12)8-20-23-13/h3-9,27H,10H2,1-2H3,(H,20,23)(H,21,26)(H,19,22,24). The first-order valence-electron chi connectivity index (χ1n) is 8.59. The summed E-state index contributed by atoms with van der Waals surface area (Å²) in [7, 11) is 0. The molecule has 4 aromatic rings. The Bertz CT molecular complexity index is 1120. The van der Waals surface area contributed by atoms with Gasteiger partial charge in [0.15, 0.2) is 10.9 Å². The minimum atomic E-state index is -0.854. The lowest BCUT2D eigenvalue weighted by Gasteiger charge is -2.16. The Labute approximate surface area is 164 Å². The second-order valence-electron chi connectivity index (χ2n) is 6.96. The Morgan fingerprint density at radius 3 is 3.00 bits per heavy atom. The molecule has 3 aromatic heterocycles. The maximum atomic E-state index is 12.6. The van der Waals surface area contributed by atoms with Gasteiger partial charge in [0.05, 0.1) is 35.7 Å². The molecule has 0 bridgehead atoms. The summed E-state index contributed by atoms with van der Waals surface area (Å²) in [4.78, 5) is 17.3. The summed E-state index contributed by atoms with van der Waals surface area (Å²) < 4.78 is 1.65. The number of H-pyrrole nitrogens is 1. The number of nitrogens with one attached hydrogen (secondary N) is 3. The quantitative estimate of drug-likeness (QED) is 0.397. The van der Waals surface area contributed by atoms with Gasteiger partial charge in [0.2, 0.25) is 0 Å². The average Bonchev–Trinajstić information content (AvgIpc) is 3.35. The number of fused-ring (bicyclic) bond motifs is 1. The molecule has 4 rings (SSSR count). The molecule has 0 saturated carbocycles. The van der Waals surface area contributed by atoms with Crippen LogP contribution in [0, 0.1) is 0 Å². The third-order valence-electron chi connectivity index (χ3n) is 3.89. The van der Waals surface area contributed by atoms with E-state index in [2.05, 4.69) is 30.9 Å². The third kappa shape index (κ3) is 4.02. The van der Waals surface area contributed by atoms with Gasteiger partial charge in [0.25, 0.3) is 5.91 Å². The molecule has 144 valence electrons. The highest BCUT2D eigenvalue weighted by Crippen LogP contribution is 2.25. The number of aromatic amines is 1. The van der Waals surface area contributed by atoms with Crippen LogP contribution in [0.15, 0.2) is 42.9 Å². The van der Waals surface area contributed by atoms with E-state index in [0.29, 0.717) is 28.1 Å². The van der Waals surface area contributed by atoms with Crippen molar-refractivity contribution in [1.29, 1.82) is 0 Å². The topological polar surface area (TPSA) is 121 Å². The first-order chi connectivity index (χ1) is 13.4. The average molecular weight is 397 g/mol. The first-order valence-corrected chi connectivity index (χ1v) is 9.41. The fourth-order valence-electron chi connectivity index (χ4n) is 2.72. The second-order valence-corrected chi connectivity index (χ2v) is 7.99. The number of rotatable bonds is 6. The number of carbonyl (C=O) groups is 1. The molecule has 0 aliphatic carbocycles. The van der Waals surface area contributed by atoms with E-state index in [1.54, 1.807) is 37.0 Å². The van der Waals surface area contributed by atoms with Gasteiger partial charge in [-0.25, -0.2) is 4.98 Å². The molecular formula is C18H19N7O2S. The van der Waals surface area contributed by atoms with Crippen molar-refractivity contribution in [2.75, 3.05) is 10.6 Å². The molecule has 0 saturated heterocycles. The normalized spacial score (nSPS) is 11.7. The molecular weight excluding hydrogens is 378 g/mol. The van der Waals surface area contributed by atoms with E-state index in [4.69, 9.17) is 0 Å². The largest absolute Gasteiger partial charge is 0.389 e. The van der Waals surface area contributed by atoms with Gasteiger partial charge in [-0.1, -0.05) is 17.4 Å². The molecule has 0 radical (unpaired) electrons. The molecule has 3 heterocycles. The first kappa shape index (κ1) is 18.1. The summed E-state index contributed by atoms with van der Waals surface area (Å²) in [6, 6.07) is 7.35. The summed E-state index contributed by atoms with van der Waals surface area (Å²) >= 11 is 1.23. The van der Waals surface area contributed by atoms with Gasteiger partial charge in [-0.2, -0.15) is 10.2 Å². The highest BCUT2D eigenvalue weighted by Gasteiger charge is 2.16. The molecule has 0 atom stereocenters. The van der Waals surface area contributed by atoms with Gasteiger partial charge in [-0.3, -0.25) is 14.6 Å². The second kappa shape index (κ2) is 7.06. The summed E-state index contributed by atoms with van der Waals surface area (Å²) in [5.74, 6) is 0.348. The third-order valence-corrected chi connectivity index (χ3v) is 4.80. The number of aromatic nitrogens is 5. The number of anilines is 3. The molecule has 4 N–H and O–H groups in total. The van der Waals surface area contributed by atoms with Crippen molar-refractivity contribution in [2.24, 2.45) is 0 Å². The molecule has 0 aliphatic rings. The molecule has 1 amide bonds. The highest BCUT2D eigenvalue weighted by molar-refractivity contribution is 7.17. The zero-order valence-electron chi connectivity index (χ0n) is 15.3. The molecule has 0 aliphatic heterocycles. The summed E-state index contributed by atoms with van der Waals surface area (Å²) in [5.41, 5.74) is 0.684. The summed E-state index contributed by atoms with van der Waals surface area (Å²) in [6.45, 7) is 3.81. The van der Waals surface area contributed by atoms with Gasteiger partial charge < -0.3 is 15.7 Å². The predicted octanol–water partition coefficient (Wildman–Crippen LogP) is 2.98. The maximum absolute atomic E-state index is 12.6. The number of carbonyl (C=O) groups excluding carboxylic acids is 1. The summed E-state index contributed by atoms with van der Waals surface area (Å²) in [6.07, 6.45) is 4.97. The SMILES string of the molecule is CC(C)(O)Cn1ccc(Nc2ncc(C(=O)Nc3cccc4[nH]ncc34)s2)n1. The van der Waals surface area contributed by atoms with Crippen molar-refractivity contribution in [2.45, 2.75) is 26.0 Å². The monoisotopic (exact) mass is 397 g/mol. The van der Waals surface area contributed by atoms with Gasteiger partial charge in [-0.15, -0.1) is 0 Å². The van der Waals surface area contributed by atoms with Crippen LogP contribution in [0.3, 0.4) is 0 Å². The van der Waals surface area contributed by atoms with Gasteiger partial charge >= 0.3 is 0 Å². The number of aliphatic hydroxyl groups is 1. The Kier molecular flexibility index (Phi) is 4.57. The molecule has 28 heavy (non-hydrogen) atoms. The van der Waals surface area contributed by atoms with E-state index in [1.807, 2.05) is 18.2 Å². The van der Waals surface area contributed by atoms with Crippen molar-refractivity contribution >= 4 is 44.8 Å². The van der Waals surface area contributed by atoms with Crippen LogP contribution in [0.25, 0.3) is 10.9 Å². The van der Waals surface area contributed by atoms with Gasteiger partial charge in [-0.05, 0) is 26.0 Å². The van der Waals surface area contributed by atoms with Crippen molar-refractivity contribution in [3.8, 4) is 0 Å². The van der Waals surface area contributed by atoms with Crippen molar-refractivity contribution in [1.82, 2.24) is 25.0 Å². The Morgan fingerprint density at radius 1 is 1.32 bits per heavy atom. The number of thiazole rings is 1. The fourth-order valence-corrected chi connectivity index (χ4v) is 3.44. The van der Waals surface area contributed by atoms with E-state index in [-0.39, 0.29) is 5.91 Å². The van der Waals surface area contributed by atoms with Crippen LogP contribution >= 0.6 is 11.3 Å². The minimum absolute atomic E-state index is 0.244. The number of nitrogens with zero attached hydrogens (tertiary/aromatic N) is 4. The van der Waals surface area contributed by atoms with Crippen LogP contribution < -0.4 is 10.6 Å². The zero-order valence-corrected chi connectivity index (χ0v) is 16.1. The van der Waals surface area contributed by atoms with Crippen LogP contribution in [0.1, 0.15) is 23.5 Å². The Hall–Kier alpha value is -3.24. The van der Waals surface area contributed by atoms with Crippen molar-refractivity contribution in [3.05, 3.63) is 47.7 Å². The Balaban J connectivity index is 1.44. The smallest absolute Gasteiger partial charge is 0.267 e. The number of benzene rings is 1. The molecule has 10 heteroatoms. The van der Waals surface area contributed by atoms with Crippen LogP contribution in [0.2, 0.25) is 0 Å².